The van der Waals surface area contributed by atoms with Gasteiger partial charge in [-0.25, -0.2) is 4.98 Å². The second-order valence-electron chi connectivity index (χ2n) is 6.21. The lowest BCUT2D eigenvalue weighted by molar-refractivity contribution is 0.226. The molecule has 1 saturated carbocycles. The molecule has 0 amide bonds. The number of pyridine rings is 1. The fraction of sp³-hybridized carbons (Fsp3) is 0.688. The Labute approximate surface area is 116 Å². The molecule has 0 aromatic carbocycles. The minimum absolute atomic E-state index is 0.689. The van der Waals surface area contributed by atoms with Crippen molar-refractivity contribution in [2.24, 2.45) is 5.41 Å². The Morgan fingerprint density at radius 1 is 1.21 bits per heavy atom. The Morgan fingerprint density at radius 3 is 2.63 bits per heavy atom. The van der Waals surface area contributed by atoms with Crippen molar-refractivity contribution in [2.45, 2.75) is 45.1 Å². The van der Waals surface area contributed by atoms with Gasteiger partial charge in [-0.1, -0.05) is 18.9 Å². The number of rotatable bonds is 3. The molecule has 0 radical (unpaired) electrons. The molecule has 0 unspecified atom stereocenters. The molecule has 104 valence electrons. The highest BCUT2D eigenvalue weighted by molar-refractivity contribution is 5.47. The van der Waals surface area contributed by atoms with E-state index in [0.717, 1.165) is 6.54 Å². The summed E-state index contributed by atoms with van der Waals surface area (Å²) >= 11 is 0. The molecule has 1 aliphatic carbocycles. The Kier molecular flexibility index (Phi) is 3.74. The van der Waals surface area contributed by atoms with Gasteiger partial charge < -0.3 is 10.2 Å². The zero-order valence-electron chi connectivity index (χ0n) is 12.0. The Bertz CT molecular complexity index is 414. The normalized spacial score (nSPS) is 22.1. The van der Waals surface area contributed by atoms with Gasteiger partial charge >= 0.3 is 0 Å². The third-order valence-corrected chi connectivity index (χ3v) is 5.02. The molecule has 2 heterocycles. The number of nitrogens with one attached hydrogen (secondary N) is 1. The maximum atomic E-state index is 4.62. The third-order valence-electron chi connectivity index (χ3n) is 5.02. The molecule has 1 N–H and O–H groups in total. The van der Waals surface area contributed by atoms with Gasteiger partial charge in [0.2, 0.25) is 0 Å². The van der Waals surface area contributed by atoms with Crippen molar-refractivity contribution < 1.29 is 0 Å². The predicted molar refractivity (Wildman–Crippen MR) is 79.3 cm³/mol. The average Bonchev–Trinajstić information content (AvgIpc) is 2.89. The smallest absolute Gasteiger partial charge is 0.133 e. The van der Waals surface area contributed by atoms with E-state index in [4.69, 9.17) is 0 Å². The van der Waals surface area contributed by atoms with E-state index in [0.29, 0.717) is 5.41 Å². The Morgan fingerprint density at radius 2 is 1.95 bits per heavy atom. The molecule has 2 fully saturated rings. The van der Waals surface area contributed by atoms with Gasteiger partial charge in [0.05, 0.1) is 0 Å². The highest BCUT2D eigenvalue weighted by atomic mass is 15.2. The van der Waals surface area contributed by atoms with Crippen molar-refractivity contribution in [2.75, 3.05) is 25.0 Å². The van der Waals surface area contributed by atoms with Crippen LogP contribution < -0.4 is 10.2 Å². The topological polar surface area (TPSA) is 28.2 Å². The predicted octanol–water partition coefficient (Wildman–Crippen LogP) is 2.96. The van der Waals surface area contributed by atoms with E-state index in [2.05, 4.69) is 21.3 Å². The molecular weight excluding hydrogens is 234 g/mol. The molecule has 1 saturated heterocycles. The van der Waals surface area contributed by atoms with Crippen LogP contribution in [0.5, 0.6) is 0 Å². The van der Waals surface area contributed by atoms with Crippen molar-refractivity contribution in [1.82, 2.24) is 10.3 Å². The van der Waals surface area contributed by atoms with Crippen LogP contribution in [0.2, 0.25) is 0 Å². The minimum Gasteiger partial charge on any atom is -0.356 e. The minimum atomic E-state index is 0.689. The first kappa shape index (κ1) is 12.9. The zero-order valence-corrected chi connectivity index (χ0v) is 12.0. The first-order valence-corrected chi connectivity index (χ1v) is 7.66. The van der Waals surface area contributed by atoms with Crippen LogP contribution in [0.4, 0.5) is 5.82 Å². The first-order chi connectivity index (χ1) is 9.33. The average molecular weight is 259 g/mol. The first-order valence-electron chi connectivity index (χ1n) is 7.66. The number of anilines is 1. The molecule has 1 aromatic rings. The van der Waals surface area contributed by atoms with Gasteiger partial charge in [-0.3, -0.25) is 0 Å². The van der Waals surface area contributed by atoms with Crippen molar-refractivity contribution >= 4 is 5.82 Å². The summed E-state index contributed by atoms with van der Waals surface area (Å²) in [5, 5.41) is 3.25. The van der Waals surface area contributed by atoms with Gasteiger partial charge in [0.1, 0.15) is 5.82 Å². The van der Waals surface area contributed by atoms with E-state index < -0.39 is 0 Å². The van der Waals surface area contributed by atoms with Gasteiger partial charge in [0.15, 0.2) is 0 Å². The molecule has 2 aliphatic rings. The lowest BCUT2D eigenvalue weighted by Gasteiger charge is -2.40. The molecule has 1 spiro atoms. The molecule has 3 rings (SSSR count). The van der Waals surface area contributed by atoms with Crippen molar-refractivity contribution in [3.05, 3.63) is 23.9 Å². The third kappa shape index (κ3) is 2.62. The van der Waals surface area contributed by atoms with Crippen molar-refractivity contribution in [3.8, 4) is 0 Å². The molecule has 1 aromatic heterocycles. The number of nitrogens with zero attached hydrogens (tertiary/aromatic N) is 2. The van der Waals surface area contributed by atoms with E-state index >= 15 is 0 Å². The summed E-state index contributed by atoms with van der Waals surface area (Å²) < 4.78 is 0. The Hall–Kier alpha value is -1.09. The zero-order chi connectivity index (χ0) is 13.1. The summed E-state index contributed by atoms with van der Waals surface area (Å²) in [5.74, 6) is 1.20. The highest BCUT2D eigenvalue weighted by Crippen LogP contribution is 2.46. The van der Waals surface area contributed by atoms with Crippen LogP contribution in [0.25, 0.3) is 0 Å². The second kappa shape index (κ2) is 5.49. The summed E-state index contributed by atoms with van der Waals surface area (Å²) in [7, 11) is 2.00. The van der Waals surface area contributed by atoms with E-state index in [1.807, 2.05) is 19.3 Å². The van der Waals surface area contributed by atoms with Gasteiger partial charge in [-0.2, -0.15) is 0 Å². The van der Waals surface area contributed by atoms with Crippen molar-refractivity contribution in [1.29, 1.82) is 0 Å². The summed E-state index contributed by atoms with van der Waals surface area (Å²) in [6.07, 6.45) is 10.5. The van der Waals surface area contributed by atoms with Crippen LogP contribution in [-0.2, 0) is 6.54 Å². The SMILES string of the molecule is CNCc1cccnc1N1CCC2(CCCC2)CC1. The number of hydrogen-bond donors (Lipinski definition) is 1. The second-order valence-corrected chi connectivity index (χ2v) is 6.21. The van der Waals surface area contributed by atoms with Crippen LogP contribution in [0.15, 0.2) is 18.3 Å². The fourth-order valence-electron chi connectivity index (χ4n) is 3.86. The van der Waals surface area contributed by atoms with Crippen LogP contribution in [-0.4, -0.2) is 25.1 Å². The van der Waals surface area contributed by atoms with Gasteiger partial charge in [0, 0.05) is 31.4 Å². The van der Waals surface area contributed by atoms with E-state index in [1.165, 1.54) is 63.0 Å². The summed E-state index contributed by atoms with van der Waals surface area (Å²) in [5.41, 5.74) is 2.02. The van der Waals surface area contributed by atoms with Gasteiger partial charge in [-0.15, -0.1) is 0 Å². The largest absolute Gasteiger partial charge is 0.356 e. The van der Waals surface area contributed by atoms with Crippen LogP contribution in [0, 0.1) is 5.41 Å². The number of aromatic nitrogens is 1. The molecule has 3 nitrogen and oxygen atoms in total. The van der Waals surface area contributed by atoms with Crippen molar-refractivity contribution in [3.63, 3.8) is 0 Å². The number of hydrogen-bond acceptors (Lipinski definition) is 3. The van der Waals surface area contributed by atoms with E-state index in [-0.39, 0.29) is 0 Å². The number of piperidine rings is 1. The molecule has 3 heteroatoms. The Balaban J connectivity index is 1.71. The molecule has 0 bridgehead atoms. The lowest BCUT2D eigenvalue weighted by Crippen LogP contribution is -2.39. The van der Waals surface area contributed by atoms with Crippen LogP contribution in [0.1, 0.15) is 44.1 Å². The van der Waals surface area contributed by atoms with Gasteiger partial charge in [0.25, 0.3) is 0 Å². The van der Waals surface area contributed by atoms with Gasteiger partial charge in [-0.05, 0) is 44.2 Å². The molecule has 19 heavy (non-hydrogen) atoms. The summed E-state index contributed by atoms with van der Waals surface area (Å²) in [6, 6.07) is 4.23. The fourth-order valence-corrected chi connectivity index (χ4v) is 3.86. The maximum Gasteiger partial charge on any atom is 0.133 e. The summed E-state index contributed by atoms with van der Waals surface area (Å²) in [6.45, 7) is 3.28. The standard InChI is InChI=1S/C16H25N3/c1-17-13-14-5-4-10-18-15(14)19-11-8-16(9-12-19)6-2-3-7-16/h4-5,10,17H,2-3,6-9,11-13H2,1H3. The highest BCUT2D eigenvalue weighted by Gasteiger charge is 2.37. The lowest BCUT2D eigenvalue weighted by atomic mass is 9.77. The van der Waals surface area contributed by atoms with Crippen LogP contribution >= 0.6 is 0 Å². The molecular formula is C16H25N3. The maximum absolute atomic E-state index is 4.62. The molecule has 1 aliphatic heterocycles. The van der Waals surface area contributed by atoms with E-state index in [9.17, 15) is 0 Å². The summed E-state index contributed by atoms with van der Waals surface area (Å²) in [4.78, 5) is 7.12. The van der Waals surface area contributed by atoms with E-state index in [1.54, 1.807) is 0 Å². The monoisotopic (exact) mass is 259 g/mol. The molecule has 0 atom stereocenters. The van der Waals surface area contributed by atoms with Crippen LogP contribution in [0.3, 0.4) is 0 Å². The quantitative estimate of drug-likeness (QED) is 0.904.